The smallest absolute Gasteiger partial charge is 0.227 e. The van der Waals surface area contributed by atoms with Gasteiger partial charge in [0.25, 0.3) is 0 Å². The Kier molecular flexibility index (Phi) is 7.45. The molecule has 0 bridgehead atoms. The van der Waals surface area contributed by atoms with Gasteiger partial charge in [0.15, 0.2) is 0 Å². The summed E-state index contributed by atoms with van der Waals surface area (Å²) in [6.45, 7) is 4.42. The van der Waals surface area contributed by atoms with Gasteiger partial charge in [-0.15, -0.1) is 0 Å². The number of anilines is 1. The lowest BCUT2D eigenvalue weighted by Gasteiger charge is -2.35. The van der Waals surface area contributed by atoms with Crippen LogP contribution in [0, 0.1) is 11.3 Å². The van der Waals surface area contributed by atoms with Crippen LogP contribution in [0.25, 0.3) is 16.6 Å². The highest BCUT2D eigenvalue weighted by atomic mass is 35.5. The molecule has 0 spiro atoms. The van der Waals surface area contributed by atoms with Crippen LogP contribution in [0.3, 0.4) is 0 Å². The maximum atomic E-state index is 12.8. The molecule has 5 rings (SSSR count). The molecule has 194 valence electrons. The number of carbonyl (C=O) groups is 1. The Morgan fingerprint density at radius 2 is 1.92 bits per heavy atom. The Labute approximate surface area is 225 Å². The molecular weight excluding hydrogens is 504 g/mol. The average Bonchev–Trinajstić information content (AvgIpc) is 3.36. The molecule has 3 aromatic heterocycles. The number of halogens is 1. The van der Waals surface area contributed by atoms with E-state index in [0.29, 0.717) is 54.5 Å². The Morgan fingerprint density at radius 1 is 1.16 bits per heavy atom. The number of pyridine rings is 2. The van der Waals surface area contributed by atoms with Crippen LogP contribution in [0.1, 0.15) is 18.1 Å². The van der Waals surface area contributed by atoms with E-state index in [1.807, 2.05) is 35.2 Å². The minimum atomic E-state index is -0.615. The van der Waals surface area contributed by atoms with E-state index in [4.69, 9.17) is 21.3 Å². The summed E-state index contributed by atoms with van der Waals surface area (Å²) in [4.78, 5) is 21.5. The van der Waals surface area contributed by atoms with E-state index in [0.717, 1.165) is 22.5 Å². The van der Waals surface area contributed by atoms with Crippen molar-refractivity contribution in [3.05, 3.63) is 77.2 Å². The van der Waals surface area contributed by atoms with E-state index in [2.05, 4.69) is 16.1 Å². The summed E-state index contributed by atoms with van der Waals surface area (Å²) in [6, 6.07) is 15.3. The quantitative estimate of drug-likeness (QED) is 0.389. The van der Waals surface area contributed by atoms with Crippen molar-refractivity contribution in [3.8, 4) is 22.9 Å². The van der Waals surface area contributed by atoms with Gasteiger partial charge in [-0.05, 0) is 42.8 Å². The van der Waals surface area contributed by atoms with E-state index in [1.165, 1.54) is 6.20 Å². The molecular formula is C28H27ClN6O3. The lowest BCUT2D eigenvalue weighted by Crippen LogP contribution is -2.49. The SMILES string of the molecule is CC(O)COc1cc(-c2ccc(N3CCN(C(=O)Cc4ccc(Cl)cc4)CC3)nc2)c2c(C#N)cnn2c1. The van der Waals surface area contributed by atoms with Crippen molar-refractivity contribution in [2.75, 3.05) is 37.7 Å². The van der Waals surface area contributed by atoms with E-state index in [-0.39, 0.29) is 12.5 Å². The normalized spacial score (nSPS) is 14.4. The Morgan fingerprint density at radius 3 is 2.58 bits per heavy atom. The van der Waals surface area contributed by atoms with E-state index in [1.54, 1.807) is 36.0 Å². The first-order valence-corrected chi connectivity index (χ1v) is 12.7. The average molecular weight is 531 g/mol. The number of nitriles is 1. The van der Waals surface area contributed by atoms with Crippen LogP contribution in [-0.2, 0) is 11.2 Å². The summed E-state index contributed by atoms with van der Waals surface area (Å²) in [5.74, 6) is 1.46. The zero-order valence-electron chi connectivity index (χ0n) is 20.9. The molecule has 1 fully saturated rings. The van der Waals surface area contributed by atoms with Crippen LogP contribution in [0.2, 0.25) is 5.02 Å². The number of benzene rings is 1. The zero-order chi connectivity index (χ0) is 26.6. The van der Waals surface area contributed by atoms with Crippen LogP contribution >= 0.6 is 11.6 Å². The number of aliphatic hydroxyl groups excluding tert-OH is 1. The lowest BCUT2D eigenvalue weighted by atomic mass is 10.1. The van der Waals surface area contributed by atoms with Crippen molar-refractivity contribution in [1.82, 2.24) is 19.5 Å². The first-order chi connectivity index (χ1) is 18.4. The van der Waals surface area contributed by atoms with Gasteiger partial charge >= 0.3 is 0 Å². The number of fused-ring (bicyclic) bond motifs is 1. The van der Waals surface area contributed by atoms with Crippen molar-refractivity contribution < 1.29 is 14.6 Å². The first kappa shape index (κ1) is 25.5. The number of amides is 1. The van der Waals surface area contributed by atoms with Crippen molar-refractivity contribution >= 4 is 28.8 Å². The molecule has 1 unspecified atom stereocenters. The zero-order valence-corrected chi connectivity index (χ0v) is 21.7. The molecule has 1 aromatic carbocycles. The topological polar surface area (TPSA) is 107 Å². The van der Waals surface area contributed by atoms with Gasteiger partial charge in [-0.3, -0.25) is 4.79 Å². The number of carbonyl (C=O) groups excluding carboxylic acids is 1. The van der Waals surface area contributed by atoms with Gasteiger partial charge in [0.2, 0.25) is 5.91 Å². The van der Waals surface area contributed by atoms with Crippen LogP contribution in [0.5, 0.6) is 5.75 Å². The van der Waals surface area contributed by atoms with Gasteiger partial charge in [0.05, 0.1) is 36.0 Å². The molecule has 4 heterocycles. The second-order valence-electron chi connectivity index (χ2n) is 9.29. The fraction of sp³-hybridized carbons (Fsp3) is 0.286. The van der Waals surface area contributed by atoms with Gasteiger partial charge in [-0.1, -0.05) is 23.7 Å². The second-order valence-corrected chi connectivity index (χ2v) is 9.73. The van der Waals surface area contributed by atoms with E-state index < -0.39 is 6.10 Å². The van der Waals surface area contributed by atoms with Gasteiger partial charge in [0, 0.05) is 48.5 Å². The van der Waals surface area contributed by atoms with Crippen LogP contribution < -0.4 is 9.64 Å². The van der Waals surface area contributed by atoms with Crippen LogP contribution in [-0.4, -0.2) is 69.4 Å². The molecule has 1 aliphatic heterocycles. The molecule has 10 heteroatoms. The lowest BCUT2D eigenvalue weighted by molar-refractivity contribution is -0.130. The van der Waals surface area contributed by atoms with Gasteiger partial charge < -0.3 is 19.6 Å². The van der Waals surface area contributed by atoms with Gasteiger partial charge in [-0.25, -0.2) is 9.50 Å². The Bertz CT molecular complexity index is 1470. The predicted molar refractivity (Wildman–Crippen MR) is 144 cm³/mol. The van der Waals surface area contributed by atoms with Crippen LogP contribution in [0.4, 0.5) is 5.82 Å². The van der Waals surface area contributed by atoms with Crippen molar-refractivity contribution in [2.45, 2.75) is 19.4 Å². The molecule has 1 atom stereocenters. The van der Waals surface area contributed by atoms with Gasteiger partial charge in [0.1, 0.15) is 24.2 Å². The fourth-order valence-electron chi connectivity index (χ4n) is 4.50. The molecule has 1 N–H and O–H groups in total. The molecule has 1 aliphatic rings. The number of aliphatic hydroxyl groups is 1. The maximum absolute atomic E-state index is 12.8. The minimum Gasteiger partial charge on any atom is -0.489 e. The van der Waals surface area contributed by atoms with Crippen molar-refractivity contribution in [1.29, 1.82) is 5.26 Å². The number of nitrogens with zero attached hydrogens (tertiary/aromatic N) is 6. The Hall–Kier alpha value is -4.13. The highest BCUT2D eigenvalue weighted by Gasteiger charge is 2.22. The molecule has 0 saturated carbocycles. The summed E-state index contributed by atoms with van der Waals surface area (Å²) in [7, 11) is 0. The number of hydrogen-bond donors (Lipinski definition) is 1. The molecule has 38 heavy (non-hydrogen) atoms. The van der Waals surface area contributed by atoms with E-state index >= 15 is 0 Å². The monoisotopic (exact) mass is 530 g/mol. The number of hydrogen-bond acceptors (Lipinski definition) is 7. The molecule has 0 radical (unpaired) electrons. The van der Waals surface area contributed by atoms with Crippen molar-refractivity contribution in [3.63, 3.8) is 0 Å². The number of piperazine rings is 1. The molecule has 0 aliphatic carbocycles. The standard InChI is InChI=1S/C28H27ClN6O3/c1-19(36)18-38-24-13-25(28-22(14-30)16-32-35(28)17-24)21-4-7-26(31-15-21)33-8-10-34(11-9-33)27(37)12-20-2-5-23(29)6-3-20/h2-7,13,15-17,19,36H,8-12,18H2,1H3. The largest absolute Gasteiger partial charge is 0.489 e. The van der Waals surface area contributed by atoms with E-state index in [9.17, 15) is 15.2 Å². The van der Waals surface area contributed by atoms with Gasteiger partial charge in [-0.2, -0.15) is 10.4 Å². The minimum absolute atomic E-state index is 0.103. The summed E-state index contributed by atoms with van der Waals surface area (Å²) in [5.41, 5.74) is 3.64. The third kappa shape index (κ3) is 5.57. The predicted octanol–water partition coefficient (Wildman–Crippen LogP) is 3.57. The second kappa shape index (κ2) is 11.1. The fourth-order valence-corrected chi connectivity index (χ4v) is 4.63. The summed E-state index contributed by atoms with van der Waals surface area (Å²) in [6.07, 6.45) is 4.73. The summed E-state index contributed by atoms with van der Waals surface area (Å²) < 4.78 is 7.32. The number of aromatic nitrogens is 3. The highest BCUT2D eigenvalue weighted by Crippen LogP contribution is 2.31. The Balaban J connectivity index is 1.29. The third-order valence-electron chi connectivity index (χ3n) is 6.48. The molecule has 1 amide bonds. The number of ether oxygens (including phenoxy) is 1. The summed E-state index contributed by atoms with van der Waals surface area (Å²) in [5, 5.41) is 24.1. The maximum Gasteiger partial charge on any atom is 0.227 e. The van der Waals surface area contributed by atoms with Crippen molar-refractivity contribution in [2.24, 2.45) is 0 Å². The first-order valence-electron chi connectivity index (χ1n) is 12.4. The number of rotatable bonds is 7. The molecule has 1 saturated heterocycles. The molecule has 4 aromatic rings. The highest BCUT2D eigenvalue weighted by molar-refractivity contribution is 6.30. The molecule has 9 nitrogen and oxygen atoms in total. The summed E-state index contributed by atoms with van der Waals surface area (Å²) >= 11 is 5.94. The third-order valence-corrected chi connectivity index (χ3v) is 6.73. The van der Waals surface area contributed by atoms with Crippen LogP contribution in [0.15, 0.2) is 61.1 Å².